The molecular formula is C16H12BrNOS. The predicted molar refractivity (Wildman–Crippen MR) is 86.5 cm³/mol. The van der Waals surface area contributed by atoms with Crippen molar-refractivity contribution in [3.05, 3.63) is 63.1 Å². The number of Topliss-reactive ketones (excluding diaryl/α,β-unsaturated/α-hetero) is 1. The van der Waals surface area contributed by atoms with E-state index >= 15 is 0 Å². The summed E-state index contributed by atoms with van der Waals surface area (Å²) in [7, 11) is 0. The quantitative estimate of drug-likeness (QED) is 0.638. The van der Waals surface area contributed by atoms with E-state index in [9.17, 15) is 4.79 Å². The molecule has 20 heavy (non-hydrogen) atoms. The number of hydrogen-bond acceptors (Lipinski definition) is 3. The molecule has 0 N–H and O–H groups in total. The Morgan fingerprint density at radius 2 is 2.05 bits per heavy atom. The molecule has 3 aromatic rings. The van der Waals surface area contributed by atoms with Gasteiger partial charge in [0.1, 0.15) is 0 Å². The summed E-state index contributed by atoms with van der Waals surface area (Å²) in [6.07, 6.45) is 0.388. The van der Waals surface area contributed by atoms with Gasteiger partial charge in [0.25, 0.3) is 0 Å². The van der Waals surface area contributed by atoms with E-state index in [1.54, 1.807) is 0 Å². The number of halogens is 1. The number of fused-ring (bicyclic) bond motifs is 1. The molecule has 2 aromatic carbocycles. The lowest BCUT2D eigenvalue weighted by atomic mass is 10.1. The van der Waals surface area contributed by atoms with Crippen molar-refractivity contribution < 1.29 is 4.79 Å². The van der Waals surface area contributed by atoms with Gasteiger partial charge >= 0.3 is 0 Å². The Hall–Kier alpha value is -1.52. The number of nitrogens with zero attached hydrogens (tertiary/aromatic N) is 1. The van der Waals surface area contributed by atoms with Gasteiger partial charge in [0.2, 0.25) is 0 Å². The number of benzene rings is 2. The number of thiazole rings is 1. The second kappa shape index (κ2) is 5.46. The molecule has 0 aliphatic heterocycles. The van der Waals surface area contributed by atoms with Crippen LogP contribution in [0.5, 0.6) is 0 Å². The second-order valence-electron chi connectivity index (χ2n) is 4.67. The van der Waals surface area contributed by atoms with Crippen LogP contribution in [0.3, 0.4) is 0 Å². The van der Waals surface area contributed by atoms with Gasteiger partial charge in [-0.1, -0.05) is 40.2 Å². The molecule has 1 aromatic heterocycles. The molecule has 0 spiro atoms. The maximum absolute atomic E-state index is 12.3. The maximum atomic E-state index is 12.3. The van der Waals surface area contributed by atoms with E-state index in [0.29, 0.717) is 11.4 Å². The third kappa shape index (κ3) is 2.67. The maximum Gasteiger partial charge on any atom is 0.195 e. The van der Waals surface area contributed by atoms with Crippen molar-refractivity contribution >= 4 is 43.3 Å². The van der Waals surface area contributed by atoms with E-state index in [2.05, 4.69) is 20.9 Å². The molecule has 0 bridgehead atoms. The van der Waals surface area contributed by atoms with Crippen molar-refractivity contribution in [2.24, 2.45) is 0 Å². The minimum absolute atomic E-state index is 0.0713. The van der Waals surface area contributed by atoms with Gasteiger partial charge in [-0.15, -0.1) is 11.3 Å². The van der Waals surface area contributed by atoms with Crippen LogP contribution in [0, 0.1) is 6.92 Å². The van der Waals surface area contributed by atoms with Crippen molar-refractivity contribution in [3.8, 4) is 0 Å². The summed E-state index contributed by atoms with van der Waals surface area (Å²) in [4.78, 5) is 16.7. The average molecular weight is 346 g/mol. The molecule has 0 saturated carbocycles. The molecule has 0 atom stereocenters. The topological polar surface area (TPSA) is 30.0 Å². The first kappa shape index (κ1) is 13.5. The molecule has 0 aliphatic rings. The molecule has 0 fully saturated rings. The van der Waals surface area contributed by atoms with Crippen LogP contribution >= 0.6 is 27.3 Å². The molecule has 0 aliphatic carbocycles. The molecule has 0 radical (unpaired) electrons. The summed E-state index contributed by atoms with van der Waals surface area (Å²) in [5.74, 6) is 0.0713. The van der Waals surface area contributed by atoms with Gasteiger partial charge in [-0.3, -0.25) is 4.79 Å². The third-order valence-electron chi connectivity index (χ3n) is 3.13. The van der Waals surface area contributed by atoms with Gasteiger partial charge in [-0.2, -0.15) is 0 Å². The van der Waals surface area contributed by atoms with Gasteiger partial charge in [0.15, 0.2) is 10.8 Å². The second-order valence-corrected chi connectivity index (χ2v) is 6.56. The zero-order chi connectivity index (χ0) is 14.1. The van der Waals surface area contributed by atoms with E-state index < -0.39 is 0 Å². The SMILES string of the molecule is Cc1ccc(CC(=O)c2nc3ccccc3s2)cc1Br. The first-order valence-electron chi connectivity index (χ1n) is 6.27. The average Bonchev–Trinajstić information content (AvgIpc) is 2.87. The van der Waals surface area contributed by atoms with Crippen LogP contribution in [0.25, 0.3) is 10.2 Å². The van der Waals surface area contributed by atoms with Gasteiger partial charge in [0.05, 0.1) is 10.2 Å². The smallest absolute Gasteiger partial charge is 0.195 e. The number of hydrogen-bond donors (Lipinski definition) is 0. The highest BCUT2D eigenvalue weighted by Gasteiger charge is 2.13. The zero-order valence-electron chi connectivity index (χ0n) is 10.9. The van der Waals surface area contributed by atoms with Gasteiger partial charge in [-0.25, -0.2) is 4.98 Å². The molecule has 0 saturated heterocycles. The largest absolute Gasteiger partial charge is 0.291 e. The van der Waals surface area contributed by atoms with E-state index in [4.69, 9.17) is 0 Å². The lowest BCUT2D eigenvalue weighted by Gasteiger charge is -2.02. The highest BCUT2D eigenvalue weighted by atomic mass is 79.9. The van der Waals surface area contributed by atoms with Crippen molar-refractivity contribution in [2.45, 2.75) is 13.3 Å². The van der Waals surface area contributed by atoms with Crippen LogP contribution in [-0.2, 0) is 6.42 Å². The van der Waals surface area contributed by atoms with Crippen LogP contribution in [0.2, 0.25) is 0 Å². The number of aryl methyl sites for hydroxylation is 1. The Labute approximate surface area is 129 Å². The highest BCUT2D eigenvalue weighted by Crippen LogP contribution is 2.24. The summed E-state index contributed by atoms with van der Waals surface area (Å²) in [6, 6.07) is 13.8. The Morgan fingerprint density at radius 1 is 1.25 bits per heavy atom. The summed E-state index contributed by atoms with van der Waals surface area (Å²) < 4.78 is 2.09. The van der Waals surface area contributed by atoms with Crippen LogP contribution < -0.4 is 0 Å². The number of carbonyl (C=O) groups excluding carboxylic acids is 1. The monoisotopic (exact) mass is 345 g/mol. The summed E-state index contributed by atoms with van der Waals surface area (Å²) in [6.45, 7) is 2.03. The lowest BCUT2D eigenvalue weighted by molar-refractivity contribution is 0.0993. The molecule has 0 amide bonds. The van der Waals surface area contributed by atoms with E-state index in [1.807, 2.05) is 49.4 Å². The fourth-order valence-corrected chi connectivity index (χ4v) is 3.33. The fourth-order valence-electron chi connectivity index (χ4n) is 2.00. The first-order chi connectivity index (χ1) is 9.63. The highest BCUT2D eigenvalue weighted by molar-refractivity contribution is 9.10. The van der Waals surface area contributed by atoms with Crippen LogP contribution in [0.4, 0.5) is 0 Å². The Morgan fingerprint density at radius 3 is 2.80 bits per heavy atom. The van der Waals surface area contributed by atoms with Crippen molar-refractivity contribution in [3.63, 3.8) is 0 Å². The van der Waals surface area contributed by atoms with Gasteiger partial charge in [-0.05, 0) is 36.2 Å². The van der Waals surface area contributed by atoms with Crippen LogP contribution in [0.15, 0.2) is 46.9 Å². The van der Waals surface area contributed by atoms with Gasteiger partial charge < -0.3 is 0 Å². The number of rotatable bonds is 3. The lowest BCUT2D eigenvalue weighted by Crippen LogP contribution is -2.03. The molecular weight excluding hydrogens is 334 g/mol. The summed E-state index contributed by atoms with van der Waals surface area (Å²) in [5.41, 5.74) is 3.07. The normalized spacial score (nSPS) is 10.9. The van der Waals surface area contributed by atoms with Crippen molar-refractivity contribution in [2.75, 3.05) is 0 Å². The summed E-state index contributed by atoms with van der Waals surface area (Å²) in [5, 5.41) is 0.586. The standard InChI is InChI=1S/C16H12BrNOS/c1-10-6-7-11(8-12(10)17)9-14(19)16-18-13-4-2-3-5-15(13)20-16/h2-8H,9H2,1H3. The van der Waals surface area contributed by atoms with E-state index in [1.165, 1.54) is 16.9 Å². The van der Waals surface area contributed by atoms with Crippen LogP contribution in [0.1, 0.15) is 20.9 Å². The van der Waals surface area contributed by atoms with E-state index in [-0.39, 0.29) is 5.78 Å². The minimum atomic E-state index is 0.0713. The Kier molecular flexibility index (Phi) is 3.68. The van der Waals surface area contributed by atoms with E-state index in [0.717, 1.165) is 20.3 Å². The summed E-state index contributed by atoms with van der Waals surface area (Å²) >= 11 is 4.96. The molecule has 100 valence electrons. The minimum Gasteiger partial charge on any atom is -0.291 e. The number of ketones is 1. The Bertz CT molecular complexity index is 761. The number of aromatic nitrogens is 1. The van der Waals surface area contributed by atoms with Crippen molar-refractivity contribution in [1.29, 1.82) is 0 Å². The van der Waals surface area contributed by atoms with Crippen LogP contribution in [-0.4, -0.2) is 10.8 Å². The Balaban J connectivity index is 1.86. The molecule has 1 heterocycles. The molecule has 4 heteroatoms. The first-order valence-corrected chi connectivity index (χ1v) is 7.88. The molecule has 3 rings (SSSR count). The van der Waals surface area contributed by atoms with Crippen molar-refractivity contribution in [1.82, 2.24) is 4.98 Å². The fraction of sp³-hybridized carbons (Fsp3) is 0.125. The molecule has 2 nitrogen and oxygen atoms in total. The zero-order valence-corrected chi connectivity index (χ0v) is 13.3. The molecule has 0 unspecified atom stereocenters. The number of para-hydroxylation sites is 1. The third-order valence-corrected chi connectivity index (χ3v) is 5.07. The number of carbonyl (C=O) groups is 1. The van der Waals surface area contributed by atoms with Gasteiger partial charge in [0, 0.05) is 10.9 Å². The predicted octanol–water partition coefficient (Wildman–Crippen LogP) is 4.79.